The van der Waals surface area contributed by atoms with Gasteiger partial charge >= 0.3 is 0 Å². The first-order valence-electron chi connectivity index (χ1n) is 9.56. The number of ether oxygens (including phenoxy) is 2. The van der Waals surface area contributed by atoms with Crippen molar-refractivity contribution < 1.29 is 24.2 Å². The molecular formula is C21H29NO5. The van der Waals surface area contributed by atoms with Crippen LogP contribution >= 0.6 is 0 Å². The maximum Gasteiger partial charge on any atom is 0.296 e. The topological polar surface area (TPSA) is 76.1 Å². The average Bonchev–Trinajstić information content (AvgIpc) is 2.86. The van der Waals surface area contributed by atoms with Gasteiger partial charge in [-0.05, 0) is 36.5 Å². The first-order chi connectivity index (χ1) is 13.0. The van der Waals surface area contributed by atoms with Crippen molar-refractivity contribution in [2.45, 2.75) is 40.0 Å². The van der Waals surface area contributed by atoms with E-state index in [9.17, 15) is 14.7 Å². The van der Waals surface area contributed by atoms with Gasteiger partial charge in [-0.3, -0.25) is 14.5 Å². The Kier molecular flexibility index (Phi) is 7.85. The summed E-state index contributed by atoms with van der Waals surface area (Å²) in [6, 6.07) is 6.84. The summed E-state index contributed by atoms with van der Waals surface area (Å²) in [4.78, 5) is 25.9. The number of imide groups is 1. The van der Waals surface area contributed by atoms with E-state index in [0.717, 1.165) is 17.7 Å². The predicted octanol–water partition coefficient (Wildman–Crippen LogP) is 3.57. The standard InChI is InChI=1S/C21H29NO5/c1-4-5-12-26-13-6-11-22-20(24)18(19(23)21(22)25)16-7-9-17(10-8-16)27-14-15(2)3/h7-10,15,23H,4-6,11-14H2,1-3H3. The van der Waals surface area contributed by atoms with Crippen molar-refractivity contribution in [3.05, 3.63) is 35.6 Å². The Morgan fingerprint density at radius 2 is 1.70 bits per heavy atom. The van der Waals surface area contributed by atoms with Crippen LogP contribution in [0, 0.1) is 5.92 Å². The van der Waals surface area contributed by atoms with Crippen LogP contribution in [0.15, 0.2) is 30.0 Å². The molecule has 6 heteroatoms. The fourth-order valence-corrected chi connectivity index (χ4v) is 2.68. The number of unbranched alkanes of at least 4 members (excludes halogenated alkanes) is 1. The van der Waals surface area contributed by atoms with Crippen LogP contribution in [0.3, 0.4) is 0 Å². The molecule has 0 atom stereocenters. The van der Waals surface area contributed by atoms with E-state index in [4.69, 9.17) is 9.47 Å². The molecule has 2 rings (SSSR count). The molecular weight excluding hydrogens is 346 g/mol. The van der Waals surface area contributed by atoms with Gasteiger partial charge in [-0.25, -0.2) is 0 Å². The Hall–Kier alpha value is -2.34. The quantitative estimate of drug-likeness (QED) is 0.473. The molecule has 1 aliphatic rings. The average molecular weight is 375 g/mol. The van der Waals surface area contributed by atoms with Gasteiger partial charge in [0.05, 0.1) is 12.2 Å². The number of amides is 2. The third-order valence-corrected chi connectivity index (χ3v) is 4.18. The number of nitrogens with zero attached hydrogens (tertiary/aromatic N) is 1. The van der Waals surface area contributed by atoms with Crippen LogP contribution < -0.4 is 4.74 Å². The van der Waals surface area contributed by atoms with Gasteiger partial charge in [0.1, 0.15) is 5.75 Å². The maximum absolute atomic E-state index is 12.6. The summed E-state index contributed by atoms with van der Waals surface area (Å²) in [5.41, 5.74) is 0.548. The minimum Gasteiger partial charge on any atom is -0.502 e. The van der Waals surface area contributed by atoms with Crippen molar-refractivity contribution in [1.82, 2.24) is 4.90 Å². The monoisotopic (exact) mass is 375 g/mol. The number of carbonyl (C=O) groups is 2. The van der Waals surface area contributed by atoms with Crippen molar-refractivity contribution in [3.8, 4) is 5.75 Å². The van der Waals surface area contributed by atoms with Crippen molar-refractivity contribution >= 4 is 17.4 Å². The van der Waals surface area contributed by atoms with Crippen molar-refractivity contribution in [2.75, 3.05) is 26.4 Å². The molecule has 0 radical (unpaired) electrons. The Morgan fingerprint density at radius 3 is 2.33 bits per heavy atom. The Morgan fingerprint density at radius 1 is 1.04 bits per heavy atom. The molecule has 2 amide bonds. The zero-order valence-corrected chi connectivity index (χ0v) is 16.4. The smallest absolute Gasteiger partial charge is 0.296 e. The number of carbonyl (C=O) groups excluding carboxylic acids is 2. The van der Waals surface area contributed by atoms with Crippen LogP contribution in [0.2, 0.25) is 0 Å². The maximum atomic E-state index is 12.6. The SMILES string of the molecule is CCCCOCCCN1C(=O)C(O)=C(c2ccc(OCC(C)C)cc2)C1=O. The number of hydrogen-bond acceptors (Lipinski definition) is 5. The number of hydrogen-bond donors (Lipinski definition) is 1. The van der Waals surface area contributed by atoms with E-state index in [1.165, 1.54) is 0 Å². The molecule has 0 unspecified atom stereocenters. The fourth-order valence-electron chi connectivity index (χ4n) is 2.68. The van der Waals surface area contributed by atoms with Crippen LogP contribution in [0.25, 0.3) is 5.57 Å². The van der Waals surface area contributed by atoms with E-state index in [-0.39, 0.29) is 12.1 Å². The zero-order valence-electron chi connectivity index (χ0n) is 16.4. The second-order valence-corrected chi connectivity index (χ2v) is 7.03. The van der Waals surface area contributed by atoms with Gasteiger partial charge in [-0.2, -0.15) is 0 Å². The summed E-state index contributed by atoms with van der Waals surface area (Å²) < 4.78 is 11.1. The summed E-state index contributed by atoms with van der Waals surface area (Å²) in [5, 5.41) is 10.2. The molecule has 0 bridgehead atoms. The van der Waals surface area contributed by atoms with E-state index in [2.05, 4.69) is 20.8 Å². The lowest BCUT2D eigenvalue weighted by molar-refractivity contribution is -0.138. The van der Waals surface area contributed by atoms with Crippen molar-refractivity contribution in [2.24, 2.45) is 5.92 Å². The number of aliphatic hydroxyl groups is 1. The van der Waals surface area contributed by atoms with E-state index >= 15 is 0 Å². The second-order valence-electron chi connectivity index (χ2n) is 7.03. The highest BCUT2D eigenvalue weighted by Gasteiger charge is 2.38. The summed E-state index contributed by atoms with van der Waals surface area (Å²) in [6.07, 6.45) is 2.60. The first kappa shape index (κ1) is 21.0. The van der Waals surface area contributed by atoms with Gasteiger partial charge in [0, 0.05) is 19.8 Å². The first-order valence-corrected chi connectivity index (χ1v) is 9.56. The highest BCUT2D eigenvalue weighted by molar-refractivity contribution is 6.34. The molecule has 1 aromatic rings. The van der Waals surface area contributed by atoms with Gasteiger partial charge in [-0.15, -0.1) is 0 Å². The molecule has 1 aromatic carbocycles. The molecule has 1 aliphatic heterocycles. The predicted molar refractivity (Wildman–Crippen MR) is 103 cm³/mol. The molecule has 0 aromatic heterocycles. The van der Waals surface area contributed by atoms with Crippen LogP contribution in [0.4, 0.5) is 0 Å². The molecule has 0 aliphatic carbocycles. The normalized spacial score (nSPS) is 14.6. The van der Waals surface area contributed by atoms with Gasteiger partial charge in [0.15, 0.2) is 5.76 Å². The molecule has 0 saturated heterocycles. The fraction of sp³-hybridized carbons (Fsp3) is 0.524. The lowest BCUT2D eigenvalue weighted by atomic mass is 10.1. The number of aliphatic hydroxyl groups excluding tert-OH is 1. The second kappa shape index (κ2) is 10.1. The van der Waals surface area contributed by atoms with Gasteiger partial charge < -0.3 is 14.6 Å². The van der Waals surface area contributed by atoms with Crippen LogP contribution in [0.1, 0.15) is 45.6 Å². The number of rotatable bonds is 11. The molecule has 27 heavy (non-hydrogen) atoms. The highest BCUT2D eigenvalue weighted by Crippen LogP contribution is 2.29. The summed E-state index contributed by atoms with van der Waals surface area (Å²) in [6.45, 7) is 8.19. The van der Waals surface area contributed by atoms with Crippen molar-refractivity contribution in [3.63, 3.8) is 0 Å². The van der Waals surface area contributed by atoms with E-state index in [0.29, 0.717) is 43.5 Å². The molecule has 1 heterocycles. The van der Waals surface area contributed by atoms with Gasteiger partial charge in [-0.1, -0.05) is 39.3 Å². The van der Waals surface area contributed by atoms with Gasteiger partial charge in [0.25, 0.3) is 11.8 Å². The minimum absolute atomic E-state index is 0.0438. The largest absolute Gasteiger partial charge is 0.502 e. The zero-order chi connectivity index (χ0) is 19.8. The van der Waals surface area contributed by atoms with Gasteiger partial charge in [0.2, 0.25) is 0 Å². The molecule has 0 spiro atoms. The Labute approximate surface area is 160 Å². The van der Waals surface area contributed by atoms with Crippen molar-refractivity contribution in [1.29, 1.82) is 0 Å². The van der Waals surface area contributed by atoms with E-state index in [1.54, 1.807) is 24.3 Å². The van der Waals surface area contributed by atoms with Crippen LogP contribution in [-0.2, 0) is 14.3 Å². The number of benzene rings is 1. The Bertz CT molecular complexity index is 678. The van der Waals surface area contributed by atoms with E-state index < -0.39 is 17.6 Å². The summed E-state index contributed by atoms with van der Waals surface area (Å²) in [5.74, 6) is -0.524. The van der Waals surface area contributed by atoms with Crippen LogP contribution in [-0.4, -0.2) is 48.2 Å². The Balaban J connectivity index is 1.96. The summed E-state index contributed by atoms with van der Waals surface area (Å²) >= 11 is 0. The molecule has 0 fully saturated rings. The molecule has 6 nitrogen and oxygen atoms in total. The summed E-state index contributed by atoms with van der Waals surface area (Å²) in [7, 11) is 0. The third kappa shape index (κ3) is 5.57. The van der Waals surface area contributed by atoms with Crippen LogP contribution in [0.5, 0.6) is 5.75 Å². The molecule has 0 saturated carbocycles. The highest BCUT2D eigenvalue weighted by atomic mass is 16.5. The van der Waals surface area contributed by atoms with E-state index in [1.807, 2.05) is 0 Å². The lowest BCUT2D eigenvalue weighted by Gasteiger charge is -2.14. The third-order valence-electron chi connectivity index (χ3n) is 4.18. The molecule has 148 valence electrons. The lowest BCUT2D eigenvalue weighted by Crippen LogP contribution is -2.33. The minimum atomic E-state index is -0.649. The molecule has 1 N–H and O–H groups in total.